The van der Waals surface area contributed by atoms with Crippen molar-refractivity contribution in [1.82, 2.24) is 20.2 Å². The third-order valence-corrected chi connectivity index (χ3v) is 3.74. The van der Waals surface area contributed by atoms with Crippen molar-refractivity contribution < 1.29 is 4.42 Å². The van der Waals surface area contributed by atoms with Crippen LogP contribution in [0.25, 0.3) is 11.0 Å². The van der Waals surface area contributed by atoms with E-state index in [1.165, 1.54) is 11.8 Å². The molecule has 0 atom stereocenters. The highest BCUT2D eigenvalue weighted by atomic mass is 32.2. The largest absolute Gasteiger partial charge is 0.413 e. The lowest BCUT2D eigenvalue weighted by atomic mass is 10.3. The van der Waals surface area contributed by atoms with Gasteiger partial charge in [-0.1, -0.05) is 23.9 Å². The van der Waals surface area contributed by atoms with Crippen molar-refractivity contribution in [2.24, 2.45) is 0 Å². The smallest absolute Gasteiger partial charge is 0.284 e. The first kappa shape index (κ1) is 12.3. The molecule has 7 heteroatoms. The maximum Gasteiger partial charge on any atom is 0.284 e. The van der Waals surface area contributed by atoms with Crippen molar-refractivity contribution in [3.05, 3.63) is 40.7 Å². The SMILES string of the molecule is Cc1nc2ccccc2nc1SCc1n[nH]c(=S)o1. The lowest BCUT2D eigenvalue weighted by Gasteiger charge is -2.04. The van der Waals surface area contributed by atoms with E-state index < -0.39 is 0 Å². The highest BCUT2D eigenvalue weighted by Crippen LogP contribution is 2.24. The van der Waals surface area contributed by atoms with Crippen LogP contribution in [0.3, 0.4) is 0 Å². The fourth-order valence-electron chi connectivity index (χ4n) is 1.66. The monoisotopic (exact) mass is 290 g/mol. The molecule has 1 aromatic carbocycles. The molecule has 0 radical (unpaired) electrons. The van der Waals surface area contributed by atoms with Gasteiger partial charge in [0.25, 0.3) is 4.84 Å². The standard InChI is InChI=1S/C12H10N4OS2/c1-7-11(19-6-10-15-16-12(18)17-10)14-9-5-3-2-4-8(9)13-7/h2-5H,6H2,1H3,(H,16,18). The molecule has 2 heterocycles. The predicted molar refractivity (Wildman–Crippen MR) is 75.5 cm³/mol. The zero-order valence-corrected chi connectivity index (χ0v) is 11.7. The van der Waals surface area contributed by atoms with E-state index in [2.05, 4.69) is 20.2 Å². The number of aromatic nitrogens is 4. The van der Waals surface area contributed by atoms with Crippen LogP contribution in [-0.4, -0.2) is 20.2 Å². The van der Waals surface area contributed by atoms with E-state index >= 15 is 0 Å². The molecule has 0 aliphatic rings. The third kappa shape index (κ3) is 2.66. The second kappa shape index (κ2) is 5.10. The molecular weight excluding hydrogens is 280 g/mol. The Hall–Kier alpha value is -1.73. The number of thioether (sulfide) groups is 1. The van der Waals surface area contributed by atoms with Gasteiger partial charge in [-0.2, -0.15) is 0 Å². The van der Waals surface area contributed by atoms with E-state index in [9.17, 15) is 0 Å². The topological polar surface area (TPSA) is 67.6 Å². The summed E-state index contributed by atoms with van der Waals surface area (Å²) in [6.07, 6.45) is 0. The lowest BCUT2D eigenvalue weighted by molar-refractivity contribution is 0.500. The first-order valence-corrected chi connectivity index (χ1v) is 7.02. The molecule has 0 spiro atoms. The Labute approximate surface area is 118 Å². The van der Waals surface area contributed by atoms with Crippen molar-refractivity contribution in [1.29, 1.82) is 0 Å². The van der Waals surface area contributed by atoms with Crippen molar-refractivity contribution in [2.45, 2.75) is 17.7 Å². The van der Waals surface area contributed by atoms with Gasteiger partial charge in [-0.3, -0.25) is 0 Å². The van der Waals surface area contributed by atoms with Crippen molar-refractivity contribution >= 4 is 35.0 Å². The molecule has 19 heavy (non-hydrogen) atoms. The first-order valence-electron chi connectivity index (χ1n) is 5.63. The molecule has 0 amide bonds. The Morgan fingerprint density at radius 3 is 2.68 bits per heavy atom. The zero-order chi connectivity index (χ0) is 13.2. The van der Waals surface area contributed by atoms with Gasteiger partial charge >= 0.3 is 0 Å². The number of hydrogen-bond acceptors (Lipinski definition) is 6. The predicted octanol–water partition coefficient (Wildman–Crippen LogP) is 3.28. The first-order chi connectivity index (χ1) is 9.22. The van der Waals surface area contributed by atoms with Crippen LogP contribution < -0.4 is 0 Å². The van der Waals surface area contributed by atoms with Gasteiger partial charge in [-0.25, -0.2) is 15.1 Å². The van der Waals surface area contributed by atoms with Crippen LogP contribution in [0.5, 0.6) is 0 Å². The molecule has 0 bridgehead atoms. The second-order valence-electron chi connectivity index (χ2n) is 3.90. The molecule has 5 nitrogen and oxygen atoms in total. The molecule has 0 fully saturated rings. The maximum absolute atomic E-state index is 5.21. The Morgan fingerprint density at radius 2 is 2.00 bits per heavy atom. The molecular formula is C12H10N4OS2. The molecule has 0 saturated carbocycles. The van der Waals surface area contributed by atoms with Crippen LogP contribution in [0.2, 0.25) is 0 Å². The van der Waals surface area contributed by atoms with E-state index in [-0.39, 0.29) is 4.84 Å². The van der Waals surface area contributed by atoms with Crippen molar-refractivity contribution in [3.8, 4) is 0 Å². The number of hydrogen-bond donors (Lipinski definition) is 1. The summed E-state index contributed by atoms with van der Waals surface area (Å²) in [5.74, 6) is 1.13. The number of nitrogens with zero attached hydrogens (tertiary/aromatic N) is 3. The summed E-state index contributed by atoms with van der Waals surface area (Å²) in [6, 6.07) is 7.81. The summed E-state index contributed by atoms with van der Waals surface area (Å²) in [6.45, 7) is 1.95. The summed E-state index contributed by atoms with van der Waals surface area (Å²) >= 11 is 6.36. The highest BCUT2D eigenvalue weighted by molar-refractivity contribution is 7.98. The van der Waals surface area contributed by atoms with Gasteiger partial charge < -0.3 is 4.42 Å². The Kier molecular flexibility index (Phi) is 3.31. The Morgan fingerprint density at radius 1 is 1.26 bits per heavy atom. The van der Waals surface area contributed by atoms with Gasteiger partial charge in [0, 0.05) is 0 Å². The minimum Gasteiger partial charge on any atom is -0.413 e. The summed E-state index contributed by atoms with van der Waals surface area (Å²) in [5.41, 5.74) is 2.69. The number of aryl methyl sites for hydroxylation is 1. The van der Waals surface area contributed by atoms with E-state index in [1.807, 2.05) is 31.2 Å². The molecule has 0 saturated heterocycles. The Balaban J connectivity index is 1.88. The van der Waals surface area contributed by atoms with Crippen LogP contribution in [0.15, 0.2) is 33.7 Å². The molecule has 0 aliphatic carbocycles. The number of benzene rings is 1. The molecule has 3 rings (SSSR count). The van der Waals surface area contributed by atoms with Crippen LogP contribution in [0, 0.1) is 11.8 Å². The minimum absolute atomic E-state index is 0.289. The number of H-pyrrole nitrogens is 1. The van der Waals surface area contributed by atoms with Gasteiger partial charge in [0.05, 0.1) is 22.5 Å². The molecule has 0 unspecified atom stereocenters. The van der Waals surface area contributed by atoms with Gasteiger partial charge in [0.2, 0.25) is 5.89 Å². The van der Waals surface area contributed by atoms with Crippen LogP contribution in [-0.2, 0) is 5.75 Å². The van der Waals surface area contributed by atoms with Gasteiger partial charge in [-0.05, 0) is 31.3 Å². The minimum atomic E-state index is 0.289. The van der Waals surface area contributed by atoms with Crippen LogP contribution in [0.1, 0.15) is 11.6 Å². The third-order valence-electron chi connectivity index (χ3n) is 2.52. The number of nitrogens with one attached hydrogen (secondary N) is 1. The number of rotatable bonds is 3. The fourth-order valence-corrected chi connectivity index (χ4v) is 2.60. The molecule has 0 aliphatic heterocycles. The van der Waals surface area contributed by atoms with Crippen LogP contribution in [0.4, 0.5) is 0 Å². The van der Waals surface area contributed by atoms with Crippen molar-refractivity contribution in [2.75, 3.05) is 0 Å². The van der Waals surface area contributed by atoms with E-state index in [0.717, 1.165) is 21.8 Å². The fraction of sp³-hybridized carbons (Fsp3) is 0.167. The molecule has 3 aromatic rings. The average Bonchev–Trinajstić information content (AvgIpc) is 2.82. The van der Waals surface area contributed by atoms with Crippen LogP contribution >= 0.6 is 24.0 Å². The van der Waals surface area contributed by atoms with E-state index in [4.69, 9.17) is 16.6 Å². The van der Waals surface area contributed by atoms with Gasteiger partial charge in [0.15, 0.2) is 0 Å². The quantitative estimate of drug-likeness (QED) is 0.590. The zero-order valence-electron chi connectivity index (χ0n) is 10.1. The molecule has 1 N–H and O–H groups in total. The molecule has 2 aromatic heterocycles. The summed E-state index contributed by atoms with van der Waals surface area (Å²) in [4.78, 5) is 9.41. The highest BCUT2D eigenvalue weighted by Gasteiger charge is 2.08. The normalized spacial score (nSPS) is 11.0. The van der Waals surface area contributed by atoms with E-state index in [0.29, 0.717) is 11.6 Å². The average molecular weight is 290 g/mol. The van der Waals surface area contributed by atoms with Crippen molar-refractivity contribution in [3.63, 3.8) is 0 Å². The Bertz CT molecular complexity index is 780. The van der Waals surface area contributed by atoms with Gasteiger partial charge in [0.1, 0.15) is 5.03 Å². The summed E-state index contributed by atoms with van der Waals surface area (Å²) < 4.78 is 5.21. The second-order valence-corrected chi connectivity index (χ2v) is 5.23. The summed E-state index contributed by atoms with van der Waals surface area (Å²) in [5, 5.41) is 7.43. The van der Waals surface area contributed by atoms with Gasteiger partial charge in [-0.15, -0.1) is 5.10 Å². The van der Waals surface area contributed by atoms with E-state index in [1.54, 1.807) is 0 Å². The lowest BCUT2D eigenvalue weighted by Crippen LogP contribution is -1.93. The summed E-state index contributed by atoms with van der Waals surface area (Å²) in [7, 11) is 0. The number of aromatic amines is 1. The maximum atomic E-state index is 5.21. The number of para-hydroxylation sites is 2. The molecule has 96 valence electrons. The number of fused-ring (bicyclic) bond motifs is 1.